The van der Waals surface area contributed by atoms with Crippen LogP contribution in [-0.4, -0.2) is 30.7 Å². The molecule has 4 heteroatoms. The Balaban J connectivity index is 1.15. The molecule has 0 unspecified atom stereocenters. The van der Waals surface area contributed by atoms with Gasteiger partial charge in [0.1, 0.15) is 0 Å². The van der Waals surface area contributed by atoms with E-state index in [4.69, 9.17) is 9.47 Å². The first kappa shape index (κ1) is 20.5. The molecule has 152 valence electrons. The highest BCUT2D eigenvalue weighted by atomic mass is 16.7. The van der Waals surface area contributed by atoms with E-state index in [0.29, 0.717) is 6.79 Å². The van der Waals surface area contributed by atoms with E-state index in [1.54, 1.807) is 6.08 Å². The molecule has 3 rings (SSSR count). The summed E-state index contributed by atoms with van der Waals surface area (Å²) in [5, 5.41) is 0. The quantitative estimate of drug-likeness (QED) is 0.362. The standard InChI is InChI=1S/C24H33NO3/c26-24(25-17-11-12-18-25)14-10-8-6-4-2-1-3-5-7-9-13-21-15-16-22-23(19-21)28-20-27-22/h9-10,13-16,19H,1-8,11-12,17-18,20H2/b13-9+,14-10+. The zero-order valence-electron chi connectivity index (χ0n) is 16.9. The summed E-state index contributed by atoms with van der Waals surface area (Å²) in [6, 6.07) is 6.07. The Kier molecular flexibility index (Phi) is 8.48. The number of benzene rings is 1. The molecule has 0 radical (unpaired) electrons. The maximum absolute atomic E-state index is 11.9. The lowest BCUT2D eigenvalue weighted by atomic mass is 10.1. The predicted molar refractivity (Wildman–Crippen MR) is 113 cm³/mol. The predicted octanol–water partition coefficient (Wildman–Crippen LogP) is 5.73. The molecule has 28 heavy (non-hydrogen) atoms. The van der Waals surface area contributed by atoms with Gasteiger partial charge < -0.3 is 14.4 Å². The number of amides is 1. The lowest BCUT2D eigenvalue weighted by Crippen LogP contribution is -2.25. The number of rotatable bonds is 11. The van der Waals surface area contributed by atoms with Crippen molar-refractivity contribution in [2.75, 3.05) is 19.9 Å². The highest BCUT2D eigenvalue weighted by Crippen LogP contribution is 2.32. The SMILES string of the molecule is O=C(/C=C/CCCCCCCC/C=C/c1ccc2c(c1)OCO2)N1CCCC1. The maximum atomic E-state index is 11.9. The van der Waals surface area contributed by atoms with Crippen molar-refractivity contribution < 1.29 is 14.3 Å². The van der Waals surface area contributed by atoms with Gasteiger partial charge in [0.05, 0.1) is 0 Å². The third-order valence-electron chi connectivity index (χ3n) is 5.38. The van der Waals surface area contributed by atoms with Crippen LogP contribution in [0.3, 0.4) is 0 Å². The van der Waals surface area contributed by atoms with E-state index in [9.17, 15) is 4.79 Å². The average molecular weight is 384 g/mol. The van der Waals surface area contributed by atoms with Crippen LogP contribution in [0.2, 0.25) is 0 Å². The first-order valence-electron chi connectivity index (χ1n) is 10.8. The van der Waals surface area contributed by atoms with Crippen molar-refractivity contribution in [2.24, 2.45) is 0 Å². The van der Waals surface area contributed by atoms with Crippen LogP contribution in [0.15, 0.2) is 36.4 Å². The second-order valence-electron chi connectivity index (χ2n) is 7.65. The molecule has 1 amide bonds. The van der Waals surface area contributed by atoms with Gasteiger partial charge in [0, 0.05) is 13.1 Å². The summed E-state index contributed by atoms with van der Waals surface area (Å²) in [6.45, 7) is 2.21. The molecule has 0 bridgehead atoms. The Hall–Kier alpha value is -2.23. The van der Waals surface area contributed by atoms with Gasteiger partial charge in [0.15, 0.2) is 11.5 Å². The molecule has 1 aromatic carbocycles. The Morgan fingerprint density at radius 2 is 1.57 bits per heavy atom. The largest absolute Gasteiger partial charge is 0.454 e. The molecule has 0 atom stereocenters. The van der Waals surface area contributed by atoms with E-state index < -0.39 is 0 Å². The minimum absolute atomic E-state index is 0.200. The molecule has 2 aliphatic rings. The third-order valence-corrected chi connectivity index (χ3v) is 5.38. The summed E-state index contributed by atoms with van der Waals surface area (Å²) < 4.78 is 10.7. The second kappa shape index (κ2) is 11.6. The molecule has 1 fully saturated rings. The van der Waals surface area contributed by atoms with E-state index in [-0.39, 0.29) is 5.91 Å². The average Bonchev–Trinajstić information content (AvgIpc) is 3.40. The summed E-state index contributed by atoms with van der Waals surface area (Å²) in [6.07, 6.45) is 20.3. The number of hydrogen-bond acceptors (Lipinski definition) is 3. The molecule has 0 N–H and O–H groups in total. The summed E-state index contributed by atoms with van der Waals surface area (Å²) >= 11 is 0. The Morgan fingerprint density at radius 1 is 0.893 bits per heavy atom. The van der Waals surface area contributed by atoms with Crippen molar-refractivity contribution in [3.63, 3.8) is 0 Å². The van der Waals surface area contributed by atoms with Crippen LogP contribution in [0, 0.1) is 0 Å². The van der Waals surface area contributed by atoms with Gasteiger partial charge in [-0.05, 0) is 62.3 Å². The number of nitrogens with zero attached hydrogens (tertiary/aromatic N) is 1. The van der Waals surface area contributed by atoms with E-state index in [2.05, 4.69) is 24.3 Å². The number of likely N-dealkylation sites (tertiary alicyclic amines) is 1. The van der Waals surface area contributed by atoms with E-state index in [0.717, 1.165) is 50.3 Å². The van der Waals surface area contributed by atoms with Crippen LogP contribution in [0.4, 0.5) is 0 Å². The molecule has 2 aliphatic heterocycles. The summed E-state index contributed by atoms with van der Waals surface area (Å²) in [7, 11) is 0. The first-order valence-corrected chi connectivity index (χ1v) is 10.8. The van der Waals surface area contributed by atoms with Crippen LogP contribution < -0.4 is 9.47 Å². The topological polar surface area (TPSA) is 38.8 Å². The monoisotopic (exact) mass is 383 g/mol. The Morgan fingerprint density at radius 3 is 2.36 bits per heavy atom. The number of allylic oxidation sites excluding steroid dienone is 2. The second-order valence-corrected chi connectivity index (χ2v) is 7.65. The highest BCUT2D eigenvalue weighted by molar-refractivity contribution is 5.87. The van der Waals surface area contributed by atoms with Gasteiger partial charge in [-0.3, -0.25) is 4.79 Å². The van der Waals surface area contributed by atoms with Crippen LogP contribution >= 0.6 is 0 Å². The Bertz CT molecular complexity index is 674. The van der Waals surface area contributed by atoms with Crippen molar-refractivity contribution in [2.45, 2.75) is 64.2 Å². The summed E-state index contributed by atoms with van der Waals surface area (Å²) in [5.41, 5.74) is 1.17. The molecule has 0 aliphatic carbocycles. The van der Waals surface area contributed by atoms with Gasteiger partial charge in [-0.1, -0.05) is 50.0 Å². The van der Waals surface area contributed by atoms with Gasteiger partial charge in [0.25, 0.3) is 0 Å². The molecular weight excluding hydrogens is 350 g/mol. The fraction of sp³-hybridized carbons (Fsp3) is 0.542. The number of carbonyl (C=O) groups is 1. The van der Waals surface area contributed by atoms with Crippen LogP contribution in [0.1, 0.15) is 69.8 Å². The van der Waals surface area contributed by atoms with Crippen LogP contribution in [-0.2, 0) is 4.79 Å². The molecule has 1 saturated heterocycles. The number of carbonyl (C=O) groups excluding carboxylic acids is 1. The van der Waals surface area contributed by atoms with E-state index in [1.165, 1.54) is 44.1 Å². The van der Waals surface area contributed by atoms with Crippen molar-refractivity contribution in [3.05, 3.63) is 42.0 Å². The lowest BCUT2D eigenvalue weighted by Gasteiger charge is -2.11. The molecule has 0 aromatic heterocycles. The molecule has 4 nitrogen and oxygen atoms in total. The lowest BCUT2D eigenvalue weighted by molar-refractivity contribution is -0.125. The number of unbranched alkanes of at least 4 members (excludes halogenated alkanes) is 7. The summed E-state index contributed by atoms with van der Waals surface area (Å²) in [5.74, 6) is 1.88. The fourth-order valence-corrected chi connectivity index (χ4v) is 3.69. The number of ether oxygens (including phenoxy) is 2. The van der Waals surface area contributed by atoms with Gasteiger partial charge >= 0.3 is 0 Å². The van der Waals surface area contributed by atoms with Gasteiger partial charge in [-0.25, -0.2) is 0 Å². The van der Waals surface area contributed by atoms with Crippen molar-refractivity contribution in [1.29, 1.82) is 0 Å². The Labute approximate surface area is 169 Å². The molecule has 1 aromatic rings. The molecular formula is C24H33NO3. The highest BCUT2D eigenvalue weighted by Gasteiger charge is 2.14. The van der Waals surface area contributed by atoms with Crippen LogP contribution in [0.25, 0.3) is 6.08 Å². The fourth-order valence-electron chi connectivity index (χ4n) is 3.69. The number of hydrogen-bond donors (Lipinski definition) is 0. The number of fused-ring (bicyclic) bond motifs is 1. The molecule has 0 spiro atoms. The third kappa shape index (κ3) is 6.74. The summed E-state index contributed by atoms with van der Waals surface area (Å²) in [4.78, 5) is 13.8. The van der Waals surface area contributed by atoms with Gasteiger partial charge in [-0.2, -0.15) is 0 Å². The molecule has 2 heterocycles. The van der Waals surface area contributed by atoms with Crippen molar-refractivity contribution in [3.8, 4) is 11.5 Å². The zero-order valence-corrected chi connectivity index (χ0v) is 16.9. The minimum atomic E-state index is 0.200. The first-order chi connectivity index (χ1) is 13.8. The van der Waals surface area contributed by atoms with Gasteiger partial charge in [0.2, 0.25) is 12.7 Å². The smallest absolute Gasteiger partial charge is 0.246 e. The van der Waals surface area contributed by atoms with Crippen LogP contribution in [0.5, 0.6) is 11.5 Å². The molecule has 0 saturated carbocycles. The van der Waals surface area contributed by atoms with E-state index >= 15 is 0 Å². The zero-order chi connectivity index (χ0) is 19.4. The maximum Gasteiger partial charge on any atom is 0.246 e. The minimum Gasteiger partial charge on any atom is -0.454 e. The van der Waals surface area contributed by atoms with E-state index in [1.807, 2.05) is 17.0 Å². The van der Waals surface area contributed by atoms with Crippen molar-refractivity contribution in [1.82, 2.24) is 4.90 Å². The normalized spacial score (nSPS) is 15.9. The van der Waals surface area contributed by atoms with Crippen molar-refractivity contribution >= 4 is 12.0 Å². The van der Waals surface area contributed by atoms with Gasteiger partial charge in [-0.15, -0.1) is 0 Å².